The van der Waals surface area contributed by atoms with Crippen molar-refractivity contribution in [3.05, 3.63) is 108 Å². The number of halogens is 1. The van der Waals surface area contributed by atoms with Crippen molar-refractivity contribution in [1.82, 2.24) is 19.9 Å². The zero-order valence-electron chi connectivity index (χ0n) is 22.6. The van der Waals surface area contributed by atoms with Crippen LogP contribution >= 0.6 is 0 Å². The van der Waals surface area contributed by atoms with Crippen LogP contribution in [0.3, 0.4) is 0 Å². The molecule has 6 heteroatoms. The third-order valence-electron chi connectivity index (χ3n) is 7.77. The van der Waals surface area contributed by atoms with Gasteiger partial charge in [-0.25, -0.2) is 4.39 Å². The Morgan fingerprint density at radius 3 is 2.34 bits per heavy atom. The number of aromatic nitrogens is 2. The monoisotopic (exact) mass is 512 g/mol. The molecule has 0 bridgehead atoms. The van der Waals surface area contributed by atoms with Crippen molar-refractivity contribution >= 4 is 0 Å². The molecule has 0 N–H and O–H groups in total. The molecule has 2 heterocycles. The van der Waals surface area contributed by atoms with Gasteiger partial charge in [0.25, 0.3) is 0 Å². The van der Waals surface area contributed by atoms with Crippen LogP contribution in [0.2, 0.25) is 0 Å². The van der Waals surface area contributed by atoms with Crippen LogP contribution in [0.1, 0.15) is 56.0 Å². The molecule has 3 atom stereocenters. The maximum atomic E-state index is 14.9. The standard InChI is InChI=1S/C32H37FN4O/c1-23-21-37(24(2)20-36(23)18-10-13-26-11-6-4-7-12-26)22-31-34-32(38-35-31)25(3)28-16-17-29(30(33)19-28)27-14-8-5-9-15-27/h4-9,11-12,14-17,19,23-25H,10,13,18,20-22H2,1-3H3. The van der Waals surface area contributed by atoms with Gasteiger partial charge in [-0.1, -0.05) is 78.0 Å². The summed E-state index contributed by atoms with van der Waals surface area (Å²) >= 11 is 0. The van der Waals surface area contributed by atoms with Crippen molar-refractivity contribution in [2.24, 2.45) is 0 Å². The third-order valence-corrected chi connectivity index (χ3v) is 7.77. The van der Waals surface area contributed by atoms with E-state index in [0.29, 0.717) is 35.9 Å². The van der Waals surface area contributed by atoms with Gasteiger partial charge in [0, 0.05) is 30.7 Å². The number of aryl methyl sites for hydroxylation is 1. The Balaban J connectivity index is 1.17. The van der Waals surface area contributed by atoms with E-state index in [1.807, 2.05) is 49.4 Å². The second-order valence-electron chi connectivity index (χ2n) is 10.6. The highest BCUT2D eigenvalue weighted by atomic mass is 19.1. The van der Waals surface area contributed by atoms with Crippen LogP contribution in [0.25, 0.3) is 11.1 Å². The molecule has 0 aliphatic carbocycles. The molecule has 3 unspecified atom stereocenters. The summed E-state index contributed by atoms with van der Waals surface area (Å²) in [5.74, 6) is 0.773. The molecule has 1 fully saturated rings. The Labute approximate surface area is 225 Å². The van der Waals surface area contributed by atoms with Crippen molar-refractivity contribution in [2.45, 2.75) is 58.2 Å². The quantitative estimate of drug-likeness (QED) is 0.254. The van der Waals surface area contributed by atoms with Gasteiger partial charge in [-0.2, -0.15) is 4.98 Å². The van der Waals surface area contributed by atoms with Gasteiger partial charge in [-0.15, -0.1) is 0 Å². The molecule has 1 aromatic heterocycles. The number of hydrogen-bond acceptors (Lipinski definition) is 5. The van der Waals surface area contributed by atoms with Crippen molar-refractivity contribution in [1.29, 1.82) is 0 Å². The minimum atomic E-state index is -0.246. The van der Waals surface area contributed by atoms with Crippen molar-refractivity contribution < 1.29 is 8.91 Å². The van der Waals surface area contributed by atoms with E-state index in [2.05, 4.69) is 59.1 Å². The van der Waals surface area contributed by atoms with Gasteiger partial charge in [0.2, 0.25) is 5.89 Å². The summed E-state index contributed by atoms with van der Waals surface area (Å²) in [6.07, 6.45) is 2.28. The lowest BCUT2D eigenvalue weighted by molar-refractivity contribution is 0.0352. The van der Waals surface area contributed by atoms with Crippen LogP contribution in [0.15, 0.2) is 83.4 Å². The highest BCUT2D eigenvalue weighted by Gasteiger charge is 2.30. The summed E-state index contributed by atoms with van der Waals surface area (Å²) in [6, 6.07) is 26.5. The van der Waals surface area contributed by atoms with Gasteiger partial charge in [0.15, 0.2) is 5.82 Å². The lowest BCUT2D eigenvalue weighted by atomic mass is 9.97. The lowest BCUT2D eigenvalue weighted by Crippen LogP contribution is -2.56. The SMILES string of the molecule is CC(c1ccc(-c2ccccc2)c(F)c1)c1nc(CN2CC(C)N(CCCc3ccccc3)CC2C)no1. The molecule has 1 aliphatic heterocycles. The molecule has 198 valence electrons. The predicted molar refractivity (Wildman–Crippen MR) is 149 cm³/mol. The van der Waals surface area contributed by atoms with E-state index < -0.39 is 0 Å². The first-order valence-electron chi connectivity index (χ1n) is 13.7. The number of hydrogen-bond donors (Lipinski definition) is 0. The second kappa shape index (κ2) is 12.0. The second-order valence-corrected chi connectivity index (χ2v) is 10.6. The average molecular weight is 513 g/mol. The number of nitrogens with zero attached hydrogens (tertiary/aromatic N) is 4. The van der Waals surface area contributed by atoms with Crippen molar-refractivity contribution in [3.63, 3.8) is 0 Å². The largest absolute Gasteiger partial charge is 0.339 e. The maximum Gasteiger partial charge on any atom is 0.233 e. The van der Waals surface area contributed by atoms with Gasteiger partial charge in [-0.3, -0.25) is 9.80 Å². The van der Waals surface area contributed by atoms with Crippen LogP contribution < -0.4 is 0 Å². The minimum Gasteiger partial charge on any atom is -0.339 e. The normalized spacial score (nSPS) is 19.5. The Morgan fingerprint density at radius 2 is 1.61 bits per heavy atom. The Morgan fingerprint density at radius 1 is 0.921 bits per heavy atom. The predicted octanol–water partition coefficient (Wildman–Crippen LogP) is 6.55. The summed E-state index contributed by atoms with van der Waals surface area (Å²) < 4.78 is 20.6. The summed E-state index contributed by atoms with van der Waals surface area (Å²) in [5, 5.41) is 4.27. The van der Waals surface area contributed by atoms with E-state index in [9.17, 15) is 4.39 Å². The highest BCUT2D eigenvalue weighted by molar-refractivity contribution is 5.64. The van der Waals surface area contributed by atoms with Crippen LogP contribution in [0.5, 0.6) is 0 Å². The fourth-order valence-electron chi connectivity index (χ4n) is 5.42. The topological polar surface area (TPSA) is 45.4 Å². The van der Waals surface area contributed by atoms with E-state index in [0.717, 1.165) is 37.2 Å². The Bertz CT molecular complexity index is 1310. The third kappa shape index (κ3) is 6.20. The van der Waals surface area contributed by atoms with Crippen LogP contribution in [-0.2, 0) is 13.0 Å². The van der Waals surface area contributed by atoms with Crippen molar-refractivity contribution in [3.8, 4) is 11.1 Å². The molecule has 1 aliphatic rings. The van der Waals surface area contributed by atoms with Crippen LogP contribution in [0, 0.1) is 5.82 Å². The number of rotatable bonds is 9. The molecule has 38 heavy (non-hydrogen) atoms. The fraction of sp³-hybridized carbons (Fsp3) is 0.375. The number of piperazine rings is 1. The molecule has 4 aromatic rings. The summed E-state index contributed by atoms with van der Waals surface area (Å²) in [6.45, 7) is 10.3. The fourth-order valence-corrected chi connectivity index (χ4v) is 5.42. The van der Waals surface area contributed by atoms with E-state index in [1.54, 1.807) is 6.07 Å². The Hall–Kier alpha value is -3.35. The molecule has 5 rings (SSSR count). The summed E-state index contributed by atoms with van der Waals surface area (Å²) in [7, 11) is 0. The molecular weight excluding hydrogens is 475 g/mol. The molecule has 3 aromatic carbocycles. The molecule has 0 amide bonds. The molecule has 5 nitrogen and oxygen atoms in total. The highest BCUT2D eigenvalue weighted by Crippen LogP contribution is 2.29. The van der Waals surface area contributed by atoms with Crippen molar-refractivity contribution in [2.75, 3.05) is 19.6 Å². The lowest BCUT2D eigenvalue weighted by Gasteiger charge is -2.43. The van der Waals surface area contributed by atoms with Gasteiger partial charge in [-0.05, 0) is 62.9 Å². The van der Waals surface area contributed by atoms with E-state index in [-0.39, 0.29) is 11.7 Å². The molecule has 0 saturated carbocycles. The van der Waals surface area contributed by atoms with Gasteiger partial charge < -0.3 is 4.52 Å². The first kappa shape index (κ1) is 26.3. The molecule has 1 saturated heterocycles. The number of benzene rings is 3. The summed E-state index contributed by atoms with van der Waals surface area (Å²) in [4.78, 5) is 9.73. The molecule has 0 spiro atoms. The van der Waals surface area contributed by atoms with Crippen LogP contribution in [0.4, 0.5) is 4.39 Å². The Kier molecular flexibility index (Phi) is 8.30. The van der Waals surface area contributed by atoms with E-state index in [4.69, 9.17) is 9.51 Å². The summed E-state index contributed by atoms with van der Waals surface area (Å²) in [5.41, 5.74) is 3.69. The molecule has 0 radical (unpaired) electrons. The minimum absolute atomic E-state index is 0.187. The first-order valence-corrected chi connectivity index (χ1v) is 13.7. The van der Waals surface area contributed by atoms with Crippen LogP contribution in [-0.4, -0.2) is 51.7 Å². The molecular formula is C32H37FN4O. The zero-order valence-corrected chi connectivity index (χ0v) is 22.6. The smallest absolute Gasteiger partial charge is 0.233 e. The van der Waals surface area contributed by atoms with E-state index in [1.165, 1.54) is 12.0 Å². The maximum absolute atomic E-state index is 14.9. The van der Waals surface area contributed by atoms with Gasteiger partial charge in [0.1, 0.15) is 5.82 Å². The zero-order chi connectivity index (χ0) is 26.5. The van der Waals surface area contributed by atoms with Gasteiger partial charge in [0.05, 0.1) is 12.5 Å². The van der Waals surface area contributed by atoms with Gasteiger partial charge >= 0.3 is 0 Å². The average Bonchev–Trinajstić information content (AvgIpc) is 3.40. The first-order chi connectivity index (χ1) is 18.5. The van der Waals surface area contributed by atoms with E-state index >= 15 is 0 Å².